The molecule has 1 atom stereocenters. The maximum absolute atomic E-state index is 13.1. The molecular weight excluding hydrogens is 520 g/mol. The Morgan fingerprint density at radius 1 is 1.24 bits per heavy atom. The Balaban J connectivity index is 1.73. The maximum atomic E-state index is 13.1. The van der Waals surface area contributed by atoms with Gasteiger partial charge in [0.15, 0.2) is 4.90 Å². The second-order valence-electron chi connectivity index (χ2n) is 9.53. The third-order valence-corrected chi connectivity index (χ3v) is 8.64. The number of nitrogens with one attached hydrogen (secondary N) is 3. The number of hydrogen-bond donors (Lipinski definition) is 5. The summed E-state index contributed by atoms with van der Waals surface area (Å²) in [7, 11) is 0. The van der Waals surface area contributed by atoms with Gasteiger partial charge >= 0.3 is 6.09 Å². The summed E-state index contributed by atoms with van der Waals surface area (Å²) in [6.45, 7) is 8.15. The van der Waals surface area contributed by atoms with E-state index in [0.717, 1.165) is 58.9 Å². The average Bonchev–Trinajstić information content (AvgIpc) is 3.37. The van der Waals surface area contributed by atoms with E-state index in [0.29, 0.717) is 23.2 Å². The number of allylic oxidation sites excluding steroid dienone is 3. The Hall–Kier alpha value is -2.73. The van der Waals surface area contributed by atoms with Crippen LogP contribution < -0.4 is 26.8 Å². The third-order valence-electron chi connectivity index (χ3n) is 6.16. The number of carbonyl (C=O) groups is 1. The number of amides is 1. The number of nitrogens with zero attached hydrogens (tertiary/aromatic N) is 1. The first-order chi connectivity index (χ1) is 18.2. The van der Waals surface area contributed by atoms with E-state index < -0.39 is 11.4 Å². The highest BCUT2D eigenvalue weighted by atomic mass is 32.2. The van der Waals surface area contributed by atoms with Crippen LogP contribution in [0.25, 0.3) is 10.4 Å². The fourth-order valence-corrected chi connectivity index (χ4v) is 6.41. The van der Waals surface area contributed by atoms with Gasteiger partial charge in [0.1, 0.15) is 5.82 Å². The highest BCUT2D eigenvalue weighted by Crippen LogP contribution is 2.39. The molecule has 1 aromatic heterocycles. The number of rotatable bonds is 11. The number of carbonyl (C=O) groups excluding carboxylic acids is 1. The van der Waals surface area contributed by atoms with Crippen LogP contribution in [-0.4, -0.2) is 34.3 Å². The van der Waals surface area contributed by atoms with Gasteiger partial charge in [-0.1, -0.05) is 6.92 Å². The van der Waals surface area contributed by atoms with Crippen LogP contribution in [0.5, 0.6) is 0 Å². The second kappa shape index (κ2) is 14.4. The van der Waals surface area contributed by atoms with Gasteiger partial charge in [0.05, 0.1) is 32.9 Å². The Bertz CT molecular complexity index is 1130. The number of nitrogens with two attached hydrogens (primary N) is 2. The number of alkyl carbamates (subject to hydrolysis) is 1. The molecule has 1 aliphatic carbocycles. The summed E-state index contributed by atoms with van der Waals surface area (Å²) in [5, 5.41) is 7.19. The van der Waals surface area contributed by atoms with E-state index in [9.17, 15) is 9.35 Å². The summed E-state index contributed by atoms with van der Waals surface area (Å²) in [5.41, 5.74) is 14.3. The number of ether oxygens (including phenoxy) is 1. The molecule has 1 fully saturated rings. The highest BCUT2D eigenvalue weighted by molar-refractivity contribution is 7.89. The molecule has 1 aliphatic rings. The van der Waals surface area contributed by atoms with Gasteiger partial charge in [-0.3, -0.25) is 0 Å². The molecule has 3 rings (SSSR count). The van der Waals surface area contributed by atoms with Crippen LogP contribution in [-0.2, 0) is 16.1 Å². The van der Waals surface area contributed by atoms with E-state index in [1.165, 1.54) is 0 Å². The Morgan fingerprint density at radius 2 is 1.97 bits per heavy atom. The van der Waals surface area contributed by atoms with Gasteiger partial charge in [-0.15, -0.1) is 16.1 Å². The van der Waals surface area contributed by atoms with Crippen LogP contribution in [0, 0.1) is 0 Å². The van der Waals surface area contributed by atoms with E-state index >= 15 is 0 Å². The minimum atomic E-state index is -1.40. The minimum absolute atomic E-state index is 0.126. The van der Waals surface area contributed by atoms with Gasteiger partial charge in [-0.2, -0.15) is 0 Å². The lowest BCUT2D eigenvalue weighted by molar-refractivity contribution is 0.109. The Morgan fingerprint density at radius 3 is 2.63 bits per heavy atom. The van der Waals surface area contributed by atoms with E-state index in [1.807, 2.05) is 52.1 Å². The lowest BCUT2D eigenvalue weighted by Crippen LogP contribution is -2.38. The molecular formula is C27H40N6O3S2. The monoisotopic (exact) mass is 560 g/mol. The van der Waals surface area contributed by atoms with E-state index in [-0.39, 0.29) is 18.2 Å². The number of aromatic nitrogens is 1. The van der Waals surface area contributed by atoms with Crippen LogP contribution in [0.3, 0.4) is 0 Å². The van der Waals surface area contributed by atoms with E-state index in [4.69, 9.17) is 21.2 Å². The number of hydrogen-bond acceptors (Lipinski definition) is 9. The predicted octanol–water partition coefficient (Wildman–Crippen LogP) is 5.07. The molecule has 1 heterocycles. The molecule has 2 aromatic rings. The molecule has 0 spiro atoms. The van der Waals surface area contributed by atoms with Gasteiger partial charge in [-0.05, 0) is 77.2 Å². The largest absolute Gasteiger partial charge is 0.593 e. The summed E-state index contributed by atoms with van der Waals surface area (Å²) in [4.78, 5) is 18.3. The fourth-order valence-electron chi connectivity index (χ4n) is 4.19. The first-order valence-corrected chi connectivity index (χ1v) is 15.1. The summed E-state index contributed by atoms with van der Waals surface area (Å²) < 4.78 is 21.3. The van der Waals surface area contributed by atoms with Crippen molar-refractivity contribution in [1.82, 2.24) is 15.0 Å². The van der Waals surface area contributed by atoms with Crippen LogP contribution >= 0.6 is 11.3 Å². The molecule has 9 nitrogen and oxygen atoms in total. The van der Waals surface area contributed by atoms with Crippen molar-refractivity contribution >= 4 is 34.5 Å². The molecule has 1 aromatic carbocycles. The van der Waals surface area contributed by atoms with Crippen molar-refractivity contribution in [1.29, 1.82) is 0 Å². The van der Waals surface area contributed by atoms with Crippen LogP contribution in [0.4, 0.5) is 10.5 Å². The highest BCUT2D eigenvalue weighted by Gasteiger charge is 2.27. The molecule has 1 unspecified atom stereocenters. The van der Waals surface area contributed by atoms with Crippen molar-refractivity contribution in [3.05, 3.63) is 53.1 Å². The van der Waals surface area contributed by atoms with Crippen molar-refractivity contribution in [2.24, 2.45) is 11.5 Å². The van der Waals surface area contributed by atoms with Crippen molar-refractivity contribution in [2.75, 3.05) is 11.9 Å². The molecule has 1 amide bonds. The second-order valence-corrected chi connectivity index (χ2v) is 11.9. The first-order valence-electron chi connectivity index (χ1n) is 13.1. The number of benzene rings is 1. The summed E-state index contributed by atoms with van der Waals surface area (Å²) >= 11 is 0.237. The lowest BCUT2D eigenvalue weighted by Gasteiger charge is -2.28. The Labute approximate surface area is 232 Å². The third kappa shape index (κ3) is 8.65. The predicted molar refractivity (Wildman–Crippen MR) is 156 cm³/mol. The van der Waals surface area contributed by atoms with E-state index in [2.05, 4.69) is 15.4 Å². The SMILES string of the molecule is CCN[S+]([O-])c1cc(N/C(N)=C/C=C(\N)CC)ccc1-c1cnc(C2CCC(NC(=O)OC(C)C)CC2)s1. The van der Waals surface area contributed by atoms with Crippen LogP contribution in [0.15, 0.2) is 53.0 Å². The zero-order valence-corrected chi connectivity index (χ0v) is 24.2. The summed E-state index contributed by atoms with van der Waals surface area (Å²) in [6.07, 6.45) is 9.29. The van der Waals surface area contributed by atoms with Crippen LogP contribution in [0.1, 0.15) is 70.7 Å². The quantitative estimate of drug-likeness (QED) is 0.189. The molecule has 38 heavy (non-hydrogen) atoms. The topological polar surface area (TPSA) is 150 Å². The molecule has 7 N–H and O–H groups in total. The zero-order chi connectivity index (χ0) is 27.7. The normalized spacial score (nSPS) is 19.3. The van der Waals surface area contributed by atoms with Gasteiger partial charge in [0.2, 0.25) is 0 Å². The van der Waals surface area contributed by atoms with Gasteiger partial charge < -0.3 is 31.4 Å². The molecule has 0 radical (unpaired) electrons. The fraction of sp³-hybridized carbons (Fsp3) is 0.481. The first kappa shape index (κ1) is 29.8. The number of thiazole rings is 1. The number of anilines is 1. The molecule has 11 heteroatoms. The molecule has 0 saturated heterocycles. The van der Waals surface area contributed by atoms with E-state index in [1.54, 1.807) is 23.5 Å². The smallest absolute Gasteiger partial charge is 0.407 e. The summed E-state index contributed by atoms with van der Waals surface area (Å²) in [5.74, 6) is 0.780. The average molecular weight is 561 g/mol. The molecule has 1 saturated carbocycles. The van der Waals surface area contributed by atoms with Crippen molar-refractivity contribution in [3.63, 3.8) is 0 Å². The summed E-state index contributed by atoms with van der Waals surface area (Å²) in [6, 6.07) is 5.85. The zero-order valence-electron chi connectivity index (χ0n) is 22.6. The lowest BCUT2D eigenvalue weighted by atomic mass is 9.86. The standard InChI is InChI=1S/C27H40N6O3S2/c1-5-19(28)9-14-25(29)32-21-12-13-22(24(15-21)38(35)31-6-2)23-16-30-26(37-23)18-7-10-20(11-8-18)33-27(34)36-17(3)4/h9,12-18,20,31-32H,5-8,10-11,28-29H2,1-4H3,(H,33,34)/b19-9-,25-14+. The van der Waals surface area contributed by atoms with Gasteiger partial charge in [-0.25, -0.2) is 9.78 Å². The van der Waals surface area contributed by atoms with Crippen LogP contribution in [0.2, 0.25) is 0 Å². The van der Waals surface area contributed by atoms with Crippen molar-refractivity contribution in [2.45, 2.75) is 82.8 Å². The van der Waals surface area contributed by atoms with Crippen molar-refractivity contribution < 1.29 is 14.1 Å². The Kier molecular flexibility index (Phi) is 11.3. The minimum Gasteiger partial charge on any atom is -0.593 e. The maximum Gasteiger partial charge on any atom is 0.407 e. The van der Waals surface area contributed by atoms with Gasteiger partial charge in [0, 0.05) is 42.2 Å². The van der Waals surface area contributed by atoms with Gasteiger partial charge in [0.25, 0.3) is 0 Å². The molecule has 208 valence electrons. The molecule has 0 aliphatic heterocycles. The molecule has 0 bridgehead atoms. The van der Waals surface area contributed by atoms with Crippen molar-refractivity contribution in [3.8, 4) is 10.4 Å².